The number of carbonyl (C=O) groups excluding carboxylic acids is 1. The molecule has 0 saturated carbocycles. The van der Waals surface area contributed by atoms with Crippen LogP contribution in [0, 0.1) is 0 Å². The van der Waals surface area contributed by atoms with Gasteiger partial charge in [-0.15, -0.1) is 0 Å². The van der Waals surface area contributed by atoms with E-state index in [0.717, 1.165) is 5.56 Å². The van der Waals surface area contributed by atoms with E-state index in [1.54, 1.807) is 34.9 Å². The minimum absolute atomic E-state index is 0.0445. The number of benzene rings is 2. The number of halogens is 3. The van der Waals surface area contributed by atoms with E-state index in [9.17, 15) is 18.0 Å². The monoisotopic (exact) mass is 429 g/mol. The van der Waals surface area contributed by atoms with Crippen molar-refractivity contribution in [1.29, 1.82) is 0 Å². The van der Waals surface area contributed by atoms with Gasteiger partial charge in [0, 0.05) is 40.4 Å². The van der Waals surface area contributed by atoms with Crippen LogP contribution in [-0.4, -0.2) is 25.9 Å². The molecule has 0 fully saturated rings. The van der Waals surface area contributed by atoms with Crippen LogP contribution in [-0.2, 0) is 0 Å². The zero-order valence-corrected chi connectivity index (χ0v) is 16.0. The van der Waals surface area contributed by atoms with Gasteiger partial charge in [-0.25, -0.2) is 14.8 Å². The fourth-order valence-corrected chi connectivity index (χ4v) is 3.30. The lowest BCUT2D eigenvalue weighted by Crippen LogP contribution is -2.19. The van der Waals surface area contributed by atoms with Crippen LogP contribution in [0.25, 0.3) is 17.0 Å². The lowest BCUT2D eigenvalue weighted by molar-refractivity contribution is -0.0328. The highest BCUT2D eigenvalue weighted by Gasteiger charge is 2.29. The van der Waals surface area contributed by atoms with Crippen molar-refractivity contribution in [2.75, 3.05) is 10.6 Å². The molecule has 2 aromatic carbocycles. The molecule has 2 N–H and O–H groups in total. The zero-order chi connectivity index (χ0) is 21.1. The van der Waals surface area contributed by atoms with E-state index in [-0.39, 0.29) is 16.7 Å². The fourth-order valence-electron chi connectivity index (χ4n) is 2.76. The van der Waals surface area contributed by atoms with Gasteiger partial charge in [-0.2, -0.15) is 13.2 Å². The van der Waals surface area contributed by atoms with Crippen LogP contribution in [0.5, 0.6) is 0 Å². The van der Waals surface area contributed by atoms with Gasteiger partial charge in [-0.1, -0.05) is 12.1 Å². The first kappa shape index (κ1) is 19.8. The van der Waals surface area contributed by atoms with Gasteiger partial charge in [-0.05, 0) is 54.2 Å². The second kappa shape index (κ2) is 8.07. The highest BCUT2D eigenvalue weighted by Crippen LogP contribution is 2.37. The molecule has 10 heteroatoms. The van der Waals surface area contributed by atoms with Crippen LogP contribution in [0.4, 0.5) is 29.3 Å². The molecular formula is C20H14F3N5OS. The van der Waals surface area contributed by atoms with Gasteiger partial charge in [0.1, 0.15) is 0 Å². The molecule has 0 saturated heterocycles. The molecule has 0 unspecified atom stereocenters. The number of thioether (sulfide) groups is 1. The van der Waals surface area contributed by atoms with Crippen molar-refractivity contribution in [3.8, 4) is 11.3 Å². The number of alkyl halides is 3. The number of imidazole rings is 1. The molecule has 0 radical (unpaired) electrons. The highest BCUT2D eigenvalue weighted by atomic mass is 32.2. The Kier molecular flexibility index (Phi) is 5.32. The zero-order valence-electron chi connectivity index (χ0n) is 15.2. The lowest BCUT2D eigenvalue weighted by atomic mass is 10.1. The maximum atomic E-state index is 12.4. The van der Waals surface area contributed by atoms with Gasteiger partial charge in [0.05, 0.1) is 5.69 Å². The molecule has 4 rings (SSSR count). The third-order valence-corrected chi connectivity index (χ3v) is 4.74. The minimum atomic E-state index is -4.35. The van der Waals surface area contributed by atoms with Crippen LogP contribution in [0.2, 0.25) is 0 Å². The Morgan fingerprint density at radius 3 is 2.50 bits per heavy atom. The number of urea groups is 1. The first-order chi connectivity index (χ1) is 14.4. The summed E-state index contributed by atoms with van der Waals surface area (Å²) in [6, 6.07) is 13.8. The summed E-state index contributed by atoms with van der Waals surface area (Å²) in [7, 11) is 0. The Morgan fingerprint density at radius 2 is 1.77 bits per heavy atom. The molecule has 6 nitrogen and oxygen atoms in total. The number of amides is 2. The first-order valence-corrected chi connectivity index (χ1v) is 9.51. The van der Waals surface area contributed by atoms with Gasteiger partial charge >= 0.3 is 11.5 Å². The summed E-state index contributed by atoms with van der Waals surface area (Å²) in [6.45, 7) is 0. The number of hydrogen-bond donors (Lipinski definition) is 2. The molecule has 0 spiro atoms. The largest absolute Gasteiger partial charge is 0.446 e. The molecule has 2 amide bonds. The molecule has 30 heavy (non-hydrogen) atoms. The predicted molar refractivity (Wildman–Crippen MR) is 109 cm³/mol. The van der Waals surface area contributed by atoms with Crippen molar-refractivity contribution in [3.63, 3.8) is 0 Å². The SMILES string of the molecule is O=C(Nc1ccc(SC(F)(F)F)cc1)Nc1cccc(-c2cn3cccnc3n2)c1. The number of hydrogen-bond acceptors (Lipinski definition) is 4. The normalized spacial score (nSPS) is 11.4. The minimum Gasteiger partial charge on any atom is -0.308 e. The third kappa shape index (κ3) is 4.90. The average molecular weight is 429 g/mol. The van der Waals surface area contributed by atoms with Gasteiger partial charge in [-0.3, -0.25) is 4.40 Å². The topological polar surface area (TPSA) is 71.3 Å². The standard InChI is InChI=1S/C20H14F3N5OS/c21-20(22,23)30-16-7-5-14(6-8-16)25-19(29)26-15-4-1-3-13(11-15)17-12-28-10-2-9-24-18(28)27-17/h1-12H,(H2,25,26,29). The van der Waals surface area contributed by atoms with Gasteiger partial charge in [0.2, 0.25) is 5.78 Å². The molecule has 0 bridgehead atoms. The fraction of sp³-hybridized carbons (Fsp3) is 0.0500. The Labute approximate surface area is 173 Å². The van der Waals surface area contributed by atoms with Crippen LogP contribution in [0.1, 0.15) is 0 Å². The Balaban J connectivity index is 1.43. The summed E-state index contributed by atoms with van der Waals surface area (Å²) in [5.74, 6) is 0.565. The van der Waals surface area contributed by atoms with E-state index >= 15 is 0 Å². The van der Waals surface area contributed by atoms with E-state index < -0.39 is 11.5 Å². The lowest BCUT2D eigenvalue weighted by Gasteiger charge is -2.10. The maximum Gasteiger partial charge on any atom is 0.446 e. The van der Waals surface area contributed by atoms with Crippen LogP contribution in [0.3, 0.4) is 0 Å². The van der Waals surface area contributed by atoms with Crippen LogP contribution < -0.4 is 10.6 Å². The van der Waals surface area contributed by atoms with Crippen LogP contribution >= 0.6 is 11.8 Å². The summed E-state index contributed by atoms with van der Waals surface area (Å²) in [4.78, 5) is 20.9. The van der Waals surface area contributed by atoms with E-state index in [0.29, 0.717) is 22.8 Å². The van der Waals surface area contributed by atoms with Crippen molar-refractivity contribution in [2.45, 2.75) is 10.4 Å². The van der Waals surface area contributed by atoms with Gasteiger partial charge in [0.15, 0.2) is 0 Å². The third-order valence-electron chi connectivity index (χ3n) is 4.00. The van der Waals surface area contributed by atoms with Gasteiger partial charge < -0.3 is 10.6 Å². The number of aromatic nitrogens is 3. The predicted octanol–water partition coefficient (Wildman–Crippen LogP) is 5.65. The molecule has 0 aliphatic carbocycles. The summed E-state index contributed by atoms with van der Waals surface area (Å²) in [5, 5.41) is 5.29. The van der Waals surface area contributed by atoms with E-state index in [1.807, 2.05) is 18.5 Å². The summed E-state index contributed by atoms with van der Waals surface area (Å²) >= 11 is -0.209. The molecule has 4 aromatic rings. The van der Waals surface area contributed by atoms with Crippen molar-refractivity contribution in [2.24, 2.45) is 0 Å². The van der Waals surface area contributed by atoms with Crippen molar-refractivity contribution in [3.05, 3.63) is 73.2 Å². The van der Waals surface area contributed by atoms with Crippen molar-refractivity contribution < 1.29 is 18.0 Å². The number of nitrogens with one attached hydrogen (secondary N) is 2. The summed E-state index contributed by atoms with van der Waals surface area (Å²) < 4.78 is 38.9. The maximum absolute atomic E-state index is 12.4. The van der Waals surface area contributed by atoms with E-state index in [2.05, 4.69) is 20.6 Å². The van der Waals surface area contributed by atoms with Gasteiger partial charge in [0.25, 0.3) is 0 Å². The van der Waals surface area contributed by atoms with Crippen LogP contribution in [0.15, 0.2) is 78.1 Å². The first-order valence-electron chi connectivity index (χ1n) is 8.70. The number of nitrogens with zero attached hydrogens (tertiary/aromatic N) is 3. The van der Waals surface area contributed by atoms with E-state index in [4.69, 9.17) is 0 Å². The highest BCUT2D eigenvalue weighted by molar-refractivity contribution is 8.00. The summed E-state index contributed by atoms with van der Waals surface area (Å²) in [6.07, 6.45) is 5.33. The van der Waals surface area contributed by atoms with Crippen molar-refractivity contribution in [1.82, 2.24) is 14.4 Å². The molecule has 2 aromatic heterocycles. The Bertz CT molecular complexity index is 1160. The number of rotatable bonds is 4. The Morgan fingerprint density at radius 1 is 1.00 bits per heavy atom. The second-order valence-corrected chi connectivity index (χ2v) is 7.32. The second-order valence-electron chi connectivity index (χ2n) is 6.19. The molecule has 0 aliphatic heterocycles. The number of anilines is 2. The quantitative estimate of drug-likeness (QED) is 0.411. The van der Waals surface area contributed by atoms with Crippen molar-refractivity contribution >= 4 is 34.9 Å². The molecule has 152 valence electrons. The summed E-state index contributed by atoms with van der Waals surface area (Å²) in [5.41, 5.74) is -1.93. The number of fused-ring (bicyclic) bond motifs is 1. The smallest absolute Gasteiger partial charge is 0.308 e. The molecule has 0 aliphatic rings. The van der Waals surface area contributed by atoms with E-state index in [1.165, 1.54) is 24.3 Å². The molecule has 2 heterocycles. The Hall–Kier alpha value is -3.53. The number of carbonyl (C=O) groups is 1. The average Bonchev–Trinajstić information content (AvgIpc) is 3.13. The molecule has 0 atom stereocenters. The molecular weight excluding hydrogens is 415 g/mol.